The molecule has 0 aromatic carbocycles. The summed E-state index contributed by atoms with van der Waals surface area (Å²) in [5.74, 6) is 2.27. The monoisotopic (exact) mass is 206 g/mol. The molecule has 80 valence electrons. The van der Waals surface area contributed by atoms with Crippen LogP contribution in [0.5, 0.6) is 0 Å². The molecule has 2 aromatic rings. The first-order valence-corrected chi connectivity index (χ1v) is 4.82. The van der Waals surface area contributed by atoms with Gasteiger partial charge < -0.3 is 5.73 Å². The fourth-order valence-corrected chi connectivity index (χ4v) is 1.47. The van der Waals surface area contributed by atoms with Crippen LogP contribution >= 0.6 is 0 Å². The third-order valence-electron chi connectivity index (χ3n) is 2.16. The molecule has 0 atom stereocenters. The van der Waals surface area contributed by atoms with Crippen molar-refractivity contribution in [2.75, 3.05) is 5.73 Å². The Kier molecular flexibility index (Phi) is 2.40. The predicted molar refractivity (Wildman–Crippen MR) is 56.1 cm³/mol. The van der Waals surface area contributed by atoms with Gasteiger partial charge in [0.25, 0.3) is 0 Å². The normalized spacial score (nSPS) is 10.8. The largest absolute Gasteiger partial charge is 0.382 e. The zero-order valence-electron chi connectivity index (χ0n) is 8.88. The fourth-order valence-electron chi connectivity index (χ4n) is 1.47. The Morgan fingerprint density at radius 3 is 2.60 bits per heavy atom. The van der Waals surface area contributed by atoms with E-state index in [0.717, 1.165) is 24.7 Å². The van der Waals surface area contributed by atoms with Crippen molar-refractivity contribution in [2.24, 2.45) is 0 Å². The number of nitrogens with zero attached hydrogens (tertiary/aromatic N) is 5. The average molecular weight is 206 g/mol. The molecule has 0 amide bonds. The van der Waals surface area contributed by atoms with Crippen LogP contribution in [0.1, 0.15) is 11.6 Å². The van der Waals surface area contributed by atoms with Crippen molar-refractivity contribution < 1.29 is 0 Å². The number of rotatable bonds is 3. The van der Waals surface area contributed by atoms with Gasteiger partial charge in [0.15, 0.2) is 0 Å². The van der Waals surface area contributed by atoms with Crippen LogP contribution in [-0.2, 0) is 13.1 Å². The van der Waals surface area contributed by atoms with Gasteiger partial charge in [0.05, 0.1) is 13.1 Å². The third kappa shape index (κ3) is 2.15. The number of aryl methyl sites for hydroxylation is 4. The lowest BCUT2D eigenvalue weighted by molar-refractivity contribution is 0.490. The highest BCUT2D eigenvalue weighted by molar-refractivity contribution is 5.23. The molecule has 0 spiro atoms. The smallest absolute Gasteiger partial charge is 0.147 e. The van der Waals surface area contributed by atoms with Gasteiger partial charge in [-0.25, -0.2) is 9.67 Å². The lowest BCUT2D eigenvalue weighted by atomic mass is 10.6. The summed E-state index contributed by atoms with van der Waals surface area (Å²) in [5.41, 5.74) is 5.51. The highest BCUT2D eigenvalue weighted by Crippen LogP contribution is 1.99. The van der Waals surface area contributed by atoms with E-state index in [-0.39, 0.29) is 0 Å². The molecule has 0 saturated carbocycles. The highest BCUT2D eigenvalue weighted by atomic mass is 15.4. The van der Waals surface area contributed by atoms with Crippen LogP contribution in [0.15, 0.2) is 12.3 Å². The number of nitrogen functional groups attached to an aromatic ring is 1. The summed E-state index contributed by atoms with van der Waals surface area (Å²) < 4.78 is 3.67. The lowest BCUT2D eigenvalue weighted by Crippen LogP contribution is -2.10. The molecule has 0 aliphatic carbocycles. The minimum absolute atomic E-state index is 0.543. The minimum Gasteiger partial charge on any atom is -0.382 e. The Bertz CT molecular complexity index is 455. The third-order valence-corrected chi connectivity index (χ3v) is 2.16. The lowest BCUT2D eigenvalue weighted by Gasteiger charge is -2.02. The summed E-state index contributed by atoms with van der Waals surface area (Å²) in [5, 5.41) is 8.36. The van der Waals surface area contributed by atoms with Crippen molar-refractivity contribution in [1.29, 1.82) is 0 Å². The molecule has 0 radical (unpaired) electrons. The van der Waals surface area contributed by atoms with E-state index in [9.17, 15) is 0 Å². The molecule has 6 heteroatoms. The van der Waals surface area contributed by atoms with E-state index in [1.807, 2.05) is 24.7 Å². The van der Waals surface area contributed by atoms with Gasteiger partial charge >= 0.3 is 0 Å². The summed E-state index contributed by atoms with van der Waals surface area (Å²) in [6.45, 7) is 5.33. The van der Waals surface area contributed by atoms with Crippen LogP contribution in [0.25, 0.3) is 0 Å². The fraction of sp³-hybridized carbons (Fsp3) is 0.444. The molecule has 0 aliphatic heterocycles. The molecule has 15 heavy (non-hydrogen) atoms. The zero-order valence-corrected chi connectivity index (χ0v) is 8.88. The Balaban J connectivity index is 2.01. The molecule has 0 saturated heterocycles. The number of nitrogens with two attached hydrogens (primary N) is 1. The Morgan fingerprint density at radius 2 is 2.07 bits per heavy atom. The zero-order chi connectivity index (χ0) is 10.8. The summed E-state index contributed by atoms with van der Waals surface area (Å²) in [7, 11) is 0. The Hall–Kier alpha value is -1.85. The maximum Gasteiger partial charge on any atom is 0.147 e. The summed E-state index contributed by atoms with van der Waals surface area (Å²) in [6, 6.07) is 1.78. The maximum atomic E-state index is 5.51. The van der Waals surface area contributed by atoms with Gasteiger partial charge in [0.2, 0.25) is 0 Å². The molecular formula is C9H14N6. The summed E-state index contributed by atoms with van der Waals surface area (Å²) in [4.78, 5) is 4.23. The van der Waals surface area contributed by atoms with Gasteiger partial charge in [0.1, 0.15) is 17.5 Å². The van der Waals surface area contributed by atoms with Crippen LogP contribution < -0.4 is 5.73 Å². The second-order valence-corrected chi connectivity index (χ2v) is 3.43. The van der Waals surface area contributed by atoms with Crippen molar-refractivity contribution in [3.8, 4) is 0 Å². The second-order valence-electron chi connectivity index (χ2n) is 3.43. The van der Waals surface area contributed by atoms with Gasteiger partial charge in [-0.2, -0.15) is 10.2 Å². The van der Waals surface area contributed by atoms with E-state index in [1.165, 1.54) is 0 Å². The summed E-state index contributed by atoms with van der Waals surface area (Å²) in [6.07, 6.45) is 1.86. The van der Waals surface area contributed by atoms with Gasteiger partial charge in [0, 0.05) is 6.20 Å². The van der Waals surface area contributed by atoms with Crippen LogP contribution in [0.2, 0.25) is 0 Å². The number of aromatic nitrogens is 5. The standard InChI is InChI=1S/C9H14N6/c1-7-11-8(2)15(12-7)6-5-14-4-3-9(10)13-14/h3-4H,5-6H2,1-2H3,(H2,10,13). The molecular weight excluding hydrogens is 192 g/mol. The quantitative estimate of drug-likeness (QED) is 0.787. The SMILES string of the molecule is Cc1nc(C)n(CCn2ccc(N)n2)n1. The number of hydrogen-bond donors (Lipinski definition) is 1. The first-order chi connectivity index (χ1) is 7.15. The molecule has 0 aliphatic rings. The first kappa shape index (κ1) is 9.70. The van der Waals surface area contributed by atoms with Gasteiger partial charge in [-0.3, -0.25) is 4.68 Å². The molecule has 2 N–H and O–H groups in total. The first-order valence-electron chi connectivity index (χ1n) is 4.82. The van der Waals surface area contributed by atoms with Crippen LogP contribution in [0.3, 0.4) is 0 Å². The van der Waals surface area contributed by atoms with Crippen LogP contribution in [0, 0.1) is 13.8 Å². The molecule has 0 fully saturated rings. The topological polar surface area (TPSA) is 74.5 Å². The van der Waals surface area contributed by atoms with Gasteiger partial charge in [-0.1, -0.05) is 0 Å². The molecule has 6 nitrogen and oxygen atoms in total. The maximum absolute atomic E-state index is 5.51. The van der Waals surface area contributed by atoms with E-state index < -0.39 is 0 Å². The Labute approximate surface area is 87.7 Å². The molecule has 0 unspecified atom stereocenters. The molecule has 2 rings (SSSR count). The second kappa shape index (κ2) is 3.72. The molecule has 2 heterocycles. The van der Waals surface area contributed by atoms with Crippen LogP contribution in [-0.4, -0.2) is 24.5 Å². The van der Waals surface area contributed by atoms with Crippen molar-refractivity contribution in [1.82, 2.24) is 24.5 Å². The van der Waals surface area contributed by atoms with Gasteiger partial charge in [-0.15, -0.1) is 0 Å². The minimum atomic E-state index is 0.543. The van der Waals surface area contributed by atoms with E-state index in [0.29, 0.717) is 5.82 Å². The van der Waals surface area contributed by atoms with Crippen LogP contribution in [0.4, 0.5) is 5.82 Å². The molecule has 0 bridgehead atoms. The van der Waals surface area contributed by atoms with Crippen molar-refractivity contribution >= 4 is 5.82 Å². The van der Waals surface area contributed by atoms with Crippen molar-refractivity contribution in [3.63, 3.8) is 0 Å². The van der Waals surface area contributed by atoms with Crippen molar-refractivity contribution in [2.45, 2.75) is 26.9 Å². The number of anilines is 1. The van der Waals surface area contributed by atoms with E-state index in [1.54, 1.807) is 10.7 Å². The summed E-state index contributed by atoms with van der Waals surface area (Å²) >= 11 is 0. The van der Waals surface area contributed by atoms with Crippen molar-refractivity contribution in [3.05, 3.63) is 23.9 Å². The molecule has 2 aromatic heterocycles. The van der Waals surface area contributed by atoms with E-state index in [2.05, 4.69) is 15.2 Å². The highest BCUT2D eigenvalue weighted by Gasteiger charge is 2.02. The average Bonchev–Trinajstić information content (AvgIpc) is 2.70. The predicted octanol–water partition coefficient (Wildman–Crippen LogP) is 0.374. The van der Waals surface area contributed by atoms with E-state index >= 15 is 0 Å². The number of hydrogen-bond acceptors (Lipinski definition) is 4. The Morgan fingerprint density at radius 1 is 1.27 bits per heavy atom. The van der Waals surface area contributed by atoms with E-state index in [4.69, 9.17) is 5.73 Å². The van der Waals surface area contributed by atoms with Gasteiger partial charge in [-0.05, 0) is 19.9 Å².